The molecule has 2 aromatic heterocycles. The van der Waals surface area contributed by atoms with Gasteiger partial charge in [0.2, 0.25) is 0 Å². The van der Waals surface area contributed by atoms with Gasteiger partial charge in [0.15, 0.2) is 12.1 Å². The lowest BCUT2D eigenvalue weighted by Crippen LogP contribution is -2.27. The summed E-state index contributed by atoms with van der Waals surface area (Å²) >= 11 is 0. The standard InChI is InChI=1S/C22H21N3O2/c1-2-14-24(15-8-6-12-18-10-4-3-5-11-18)21-19(17-26)22(27)25-16-9-7-13-20(25)23-21/h2-11,13-14,16-17H,12,15H2,1H3/b8-6+,14-2?. The molecule has 0 saturated heterocycles. The highest BCUT2D eigenvalue weighted by molar-refractivity contribution is 5.83. The second-order valence-corrected chi connectivity index (χ2v) is 6.00. The zero-order valence-electron chi connectivity index (χ0n) is 15.2. The van der Waals surface area contributed by atoms with E-state index < -0.39 is 0 Å². The Labute approximate surface area is 157 Å². The average molecular weight is 359 g/mol. The van der Waals surface area contributed by atoms with Crippen LogP contribution in [0.4, 0.5) is 5.82 Å². The molecule has 3 aromatic rings. The van der Waals surface area contributed by atoms with E-state index in [1.165, 1.54) is 9.96 Å². The number of nitrogens with zero attached hydrogens (tertiary/aromatic N) is 3. The summed E-state index contributed by atoms with van der Waals surface area (Å²) in [5.74, 6) is 0.365. The molecule has 5 nitrogen and oxygen atoms in total. The van der Waals surface area contributed by atoms with Crippen LogP contribution in [0.1, 0.15) is 22.8 Å². The number of benzene rings is 1. The van der Waals surface area contributed by atoms with Crippen molar-refractivity contribution >= 4 is 17.8 Å². The van der Waals surface area contributed by atoms with Crippen molar-refractivity contribution in [3.63, 3.8) is 0 Å². The minimum Gasteiger partial charge on any atom is -0.329 e. The van der Waals surface area contributed by atoms with Crippen molar-refractivity contribution in [2.75, 3.05) is 11.4 Å². The number of anilines is 1. The van der Waals surface area contributed by atoms with E-state index in [-0.39, 0.29) is 11.1 Å². The van der Waals surface area contributed by atoms with Gasteiger partial charge in [-0.15, -0.1) is 0 Å². The average Bonchev–Trinajstić information content (AvgIpc) is 2.71. The third-order valence-electron chi connectivity index (χ3n) is 4.13. The van der Waals surface area contributed by atoms with Gasteiger partial charge in [0.05, 0.1) is 0 Å². The number of pyridine rings is 1. The summed E-state index contributed by atoms with van der Waals surface area (Å²) in [7, 11) is 0. The van der Waals surface area contributed by atoms with Gasteiger partial charge in [0.25, 0.3) is 5.56 Å². The van der Waals surface area contributed by atoms with Gasteiger partial charge >= 0.3 is 0 Å². The Hall–Kier alpha value is -3.47. The molecule has 0 N–H and O–H groups in total. The predicted molar refractivity (Wildman–Crippen MR) is 108 cm³/mol. The highest BCUT2D eigenvalue weighted by Gasteiger charge is 2.15. The van der Waals surface area contributed by atoms with Crippen molar-refractivity contribution in [2.45, 2.75) is 13.3 Å². The van der Waals surface area contributed by atoms with Crippen molar-refractivity contribution in [1.29, 1.82) is 0 Å². The summed E-state index contributed by atoms with van der Waals surface area (Å²) in [6, 6.07) is 15.5. The Morgan fingerprint density at radius 3 is 2.59 bits per heavy atom. The quantitative estimate of drug-likeness (QED) is 0.477. The van der Waals surface area contributed by atoms with E-state index in [9.17, 15) is 9.59 Å². The maximum Gasteiger partial charge on any atom is 0.270 e. The van der Waals surface area contributed by atoms with Crippen LogP contribution in [0.5, 0.6) is 0 Å². The molecule has 0 atom stereocenters. The van der Waals surface area contributed by atoms with Crippen molar-refractivity contribution in [2.24, 2.45) is 0 Å². The SMILES string of the molecule is CC=CN(C/C=C/Cc1ccccc1)c1nc2ccccn2c(=O)c1C=O. The molecule has 5 heteroatoms. The molecule has 0 spiro atoms. The molecular formula is C22H21N3O2. The highest BCUT2D eigenvalue weighted by atomic mass is 16.1. The molecule has 0 fully saturated rings. The van der Waals surface area contributed by atoms with Gasteiger partial charge in [0.1, 0.15) is 11.2 Å². The first-order valence-corrected chi connectivity index (χ1v) is 8.79. The van der Waals surface area contributed by atoms with Gasteiger partial charge in [-0.2, -0.15) is 0 Å². The molecule has 0 saturated carbocycles. The molecule has 0 aliphatic heterocycles. The molecule has 0 bridgehead atoms. The Morgan fingerprint density at radius 2 is 1.85 bits per heavy atom. The van der Waals surface area contributed by atoms with Crippen LogP contribution in [0.2, 0.25) is 0 Å². The first-order chi connectivity index (χ1) is 13.2. The lowest BCUT2D eigenvalue weighted by atomic mass is 10.1. The van der Waals surface area contributed by atoms with Crippen LogP contribution in [0.3, 0.4) is 0 Å². The molecule has 1 aromatic carbocycles. The number of hydrogen-bond donors (Lipinski definition) is 0. The third kappa shape index (κ3) is 4.20. The van der Waals surface area contributed by atoms with Crippen molar-refractivity contribution < 1.29 is 4.79 Å². The predicted octanol–water partition coefficient (Wildman–Crippen LogP) is 3.65. The van der Waals surface area contributed by atoms with Crippen LogP contribution in [0.15, 0.2) is 84.0 Å². The maximum atomic E-state index is 12.6. The molecule has 0 aliphatic rings. The molecule has 0 radical (unpaired) electrons. The van der Waals surface area contributed by atoms with Crippen LogP contribution in [-0.2, 0) is 6.42 Å². The molecule has 0 amide bonds. The van der Waals surface area contributed by atoms with Crippen LogP contribution in [0.25, 0.3) is 5.65 Å². The lowest BCUT2D eigenvalue weighted by Gasteiger charge is -2.19. The van der Waals surface area contributed by atoms with E-state index in [0.717, 1.165) is 6.42 Å². The van der Waals surface area contributed by atoms with E-state index in [0.29, 0.717) is 24.3 Å². The molecule has 27 heavy (non-hydrogen) atoms. The number of aromatic nitrogens is 2. The number of rotatable bonds is 7. The first-order valence-electron chi connectivity index (χ1n) is 8.79. The van der Waals surface area contributed by atoms with E-state index in [1.54, 1.807) is 23.2 Å². The molecule has 3 rings (SSSR count). The Kier molecular flexibility index (Phi) is 5.94. The van der Waals surface area contributed by atoms with Crippen molar-refractivity contribution in [3.05, 3.63) is 101 Å². The van der Waals surface area contributed by atoms with Gasteiger partial charge < -0.3 is 4.90 Å². The fraction of sp³-hybridized carbons (Fsp3) is 0.136. The van der Waals surface area contributed by atoms with Crippen LogP contribution in [0, 0.1) is 0 Å². The van der Waals surface area contributed by atoms with Gasteiger partial charge in [0, 0.05) is 18.9 Å². The van der Waals surface area contributed by atoms with Crippen LogP contribution < -0.4 is 10.5 Å². The summed E-state index contributed by atoms with van der Waals surface area (Å²) < 4.78 is 1.38. The van der Waals surface area contributed by atoms with E-state index in [2.05, 4.69) is 23.2 Å². The minimum atomic E-state index is -0.367. The van der Waals surface area contributed by atoms with Crippen molar-refractivity contribution in [1.82, 2.24) is 9.38 Å². The van der Waals surface area contributed by atoms with Crippen LogP contribution >= 0.6 is 0 Å². The van der Waals surface area contributed by atoms with Gasteiger partial charge in [-0.05, 0) is 31.0 Å². The third-order valence-corrected chi connectivity index (χ3v) is 4.13. The first kappa shape index (κ1) is 18.3. The Bertz CT molecular complexity index is 1040. The largest absolute Gasteiger partial charge is 0.329 e. The fourth-order valence-corrected chi connectivity index (χ4v) is 2.83. The summed E-state index contributed by atoms with van der Waals surface area (Å²) in [6.07, 6.45) is 10.8. The maximum absolute atomic E-state index is 12.6. The Balaban J connectivity index is 1.90. The Morgan fingerprint density at radius 1 is 1.07 bits per heavy atom. The van der Waals surface area contributed by atoms with Gasteiger partial charge in [-0.3, -0.25) is 14.0 Å². The van der Waals surface area contributed by atoms with Gasteiger partial charge in [-0.25, -0.2) is 4.98 Å². The van der Waals surface area contributed by atoms with Crippen LogP contribution in [-0.4, -0.2) is 22.2 Å². The number of hydrogen-bond acceptors (Lipinski definition) is 4. The molecule has 136 valence electrons. The lowest BCUT2D eigenvalue weighted by molar-refractivity contribution is 0.112. The number of carbonyl (C=O) groups excluding carboxylic acids is 1. The summed E-state index contributed by atoms with van der Waals surface area (Å²) in [5.41, 5.74) is 1.41. The number of fused-ring (bicyclic) bond motifs is 1. The zero-order chi connectivity index (χ0) is 19.1. The molecule has 2 heterocycles. The second kappa shape index (κ2) is 8.76. The smallest absolute Gasteiger partial charge is 0.270 e. The molecule has 0 aliphatic carbocycles. The van der Waals surface area contributed by atoms with E-state index in [1.807, 2.05) is 49.5 Å². The zero-order valence-corrected chi connectivity index (χ0v) is 15.2. The second-order valence-electron chi connectivity index (χ2n) is 6.00. The number of carbonyl (C=O) groups is 1. The summed E-state index contributed by atoms with van der Waals surface area (Å²) in [5, 5.41) is 0. The fourth-order valence-electron chi connectivity index (χ4n) is 2.83. The van der Waals surface area contributed by atoms with E-state index in [4.69, 9.17) is 0 Å². The monoisotopic (exact) mass is 359 g/mol. The van der Waals surface area contributed by atoms with Gasteiger partial charge in [-0.1, -0.05) is 54.6 Å². The normalized spacial score (nSPS) is 11.4. The minimum absolute atomic E-state index is 0.0493. The highest BCUT2D eigenvalue weighted by Crippen LogP contribution is 2.15. The summed E-state index contributed by atoms with van der Waals surface area (Å²) in [4.78, 5) is 30.6. The van der Waals surface area contributed by atoms with Crippen molar-refractivity contribution in [3.8, 4) is 0 Å². The molecule has 0 unspecified atom stereocenters. The molecular weight excluding hydrogens is 338 g/mol. The number of allylic oxidation sites excluding steroid dienone is 2. The summed E-state index contributed by atoms with van der Waals surface area (Å²) in [6.45, 7) is 2.39. The number of aldehydes is 1. The van der Waals surface area contributed by atoms with E-state index >= 15 is 0 Å². The topological polar surface area (TPSA) is 54.7 Å².